The standard InChI is InChI=1S/C21H17FN4O3/c22-15-7-5-14(6-8-15)19-11-16(25-29-19)12-23-20(27)9-10-26-13-24-18-4-2-1-3-17(18)21(26)28/h1-8,11,13H,9-10,12H2,(H,23,27). The zero-order chi connectivity index (χ0) is 20.2. The fraction of sp³-hybridized carbons (Fsp3) is 0.143. The van der Waals surface area contributed by atoms with Crippen molar-refractivity contribution >= 4 is 16.8 Å². The highest BCUT2D eigenvalue weighted by Crippen LogP contribution is 2.20. The van der Waals surface area contributed by atoms with E-state index in [1.807, 2.05) is 6.07 Å². The van der Waals surface area contributed by atoms with Crippen LogP contribution in [0.5, 0.6) is 0 Å². The van der Waals surface area contributed by atoms with Crippen molar-refractivity contribution in [1.29, 1.82) is 0 Å². The van der Waals surface area contributed by atoms with Crippen molar-refractivity contribution in [3.8, 4) is 11.3 Å². The lowest BCUT2D eigenvalue weighted by atomic mass is 10.1. The summed E-state index contributed by atoms with van der Waals surface area (Å²) in [6.45, 7) is 0.413. The number of aryl methyl sites for hydroxylation is 1. The number of halogens is 1. The molecular weight excluding hydrogens is 375 g/mol. The van der Waals surface area contributed by atoms with Gasteiger partial charge >= 0.3 is 0 Å². The van der Waals surface area contributed by atoms with E-state index in [4.69, 9.17) is 4.52 Å². The van der Waals surface area contributed by atoms with E-state index in [2.05, 4.69) is 15.5 Å². The Morgan fingerprint density at radius 1 is 1.14 bits per heavy atom. The number of carbonyl (C=O) groups excluding carboxylic acids is 1. The number of nitrogens with one attached hydrogen (secondary N) is 1. The molecule has 2 heterocycles. The van der Waals surface area contributed by atoms with Crippen molar-refractivity contribution in [1.82, 2.24) is 20.0 Å². The van der Waals surface area contributed by atoms with E-state index in [-0.39, 0.29) is 36.8 Å². The summed E-state index contributed by atoms with van der Waals surface area (Å²) in [5.74, 6) is -0.0686. The minimum absolute atomic E-state index is 0.128. The second kappa shape index (κ2) is 8.05. The highest BCUT2D eigenvalue weighted by molar-refractivity contribution is 5.77. The lowest BCUT2D eigenvalue weighted by Gasteiger charge is -2.07. The van der Waals surface area contributed by atoms with E-state index in [1.54, 1.807) is 36.4 Å². The number of para-hydroxylation sites is 1. The summed E-state index contributed by atoms with van der Waals surface area (Å²) in [4.78, 5) is 28.8. The molecule has 0 unspecified atom stereocenters. The Labute approximate surface area is 164 Å². The predicted octanol–water partition coefficient (Wildman–Crippen LogP) is 2.90. The number of nitrogens with zero attached hydrogens (tertiary/aromatic N) is 3. The van der Waals surface area contributed by atoms with Gasteiger partial charge in [0.05, 0.1) is 23.8 Å². The Bertz CT molecular complexity index is 1210. The zero-order valence-corrected chi connectivity index (χ0v) is 15.3. The largest absolute Gasteiger partial charge is 0.356 e. The number of amides is 1. The summed E-state index contributed by atoms with van der Waals surface area (Å²) in [7, 11) is 0. The van der Waals surface area contributed by atoms with Gasteiger partial charge in [-0.05, 0) is 36.4 Å². The van der Waals surface area contributed by atoms with Crippen molar-refractivity contribution in [3.05, 3.63) is 82.8 Å². The van der Waals surface area contributed by atoms with E-state index in [1.165, 1.54) is 23.0 Å². The van der Waals surface area contributed by atoms with Gasteiger partial charge in [0.1, 0.15) is 11.5 Å². The number of fused-ring (bicyclic) bond motifs is 1. The third kappa shape index (κ3) is 4.21. The lowest BCUT2D eigenvalue weighted by molar-refractivity contribution is -0.121. The smallest absolute Gasteiger partial charge is 0.261 e. The lowest BCUT2D eigenvalue weighted by Crippen LogP contribution is -2.27. The molecule has 2 aromatic heterocycles. The van der Waals surface area contributed by atoms with Gasteiger partial charge in [-0.25, -0.2) is 9.37 Å². The second-order valence-corrected chi connectivity index (χ2v) is 6.48. The monoisotopic (exact) mass is 392 g/mol. The van der Waals surface area contributed by atoms with Crippen molar-refractivity contribution in [2.75, 3.05) is 0 Å². The van der Waals surface area contributed by atoms with E-state index in [0.29, 0.717) is 27.9 Å². The molecule has 4 aromatic rings. The van der Waals surface area contributed by atoms with Crippen LogP contribution in [0, 0.1) is 5.82 Å². The molecule has 7 nitrogen and oxygen atoms in total. The third-order valence-electron chi connectivity index (χ3n) is 4.47. The van der Waals surface area contributed by atoms with Crippen molar-refractivity contribution in [2.24, 2.45) is 0 Å². The highest BCUT2D eigenvalue weighted by atomic mass is 19.1. The first-order valence-corrected chi connectivity index (χ1v) is 9.02. The van der Waals surface area contributed by atoms with E-state index in [0.717, 1.165) is 0 Å². The van der Waals surface area contributed by atoms with Gasteiger partial charge in [0.2, 0.25) is 5.91 Å². The molecule has 29 heavy (non-hydrogen) atoms. The number of hydrogen-bond donors (Lipinski definition) is 1. The molecule has 2 aromatic carbocycles. The van der Waals surface area contributed by atoms with E-state index < -0.39 is 0 Å². The first-order valence-electron chi connectivity index (χ1n) is 9.02. The summed E-state index contributed by atoms with van der Waals surface area (Å²) in [5, 5.41) is 7.17. The van der Waals surface area contributed by atoms with Gasteiger partial charge in [0.15, 0.2) is 5.76 Å². The maximum atomic E-state index is 13.0. The molecule has 0 aliphatic heterocycles. The Balaban J connectivity index is 1.33. The molecule has 0 aliphatic rings. The van der Waals surface area contributed by atoms with E-state index >= 15 is 0 Å². The molecule has 146 valence electrons. The van der Waals surface area contributed by atoms with Crippen LogP contribution < -0.4 is 10.9 Å². The topological polar surface area (TPSA) is 90.0 Å². The van der Waals surface area contributed by atoms with Gasteiger partial charge in [0, 0.05) is 24.6 Å². The molecule has 4 rings (SSSR count). The van der Waals surface area contributed by atoms with Gasteiger partial charge in [-0.15, -0.1) is 0 Å². The summed E-state index contributed by atoms with van der Waals surface area (Å²) in [6.07, 6.45) is 1.58. The average Bonchev–Trinajstić information content (AvgIpc) is 3.21. The number of hydrogen-bond acceptors (Lipinski definition) is 5. The minimum Gasteiger partial charge on any atom is -0.356 e. The van der Waals surface area contributed by atoms with E-state index in [9.17, 15) is 14.0 Å². The second-order valence-electron chi connectivity index (χ2n) is 6.48. The molecule has 0 aliphatic carbocycles. The van der Waals surface area contributed by atoms with Crippen LogP contribution in [-0.4, -0.2) is 20.6 Å². The quantitative estimate of drug-likeness (QED) is 0.545. The summed E-state index contributed by atoms with van der Waals surface area (Å²) in [5.41, 5.74) is 1.69. The molecule has 8 heteroatoms. The van der Waals surface area contributed by atoms with Crippen LogP contribution in [0.2, 0.25) is 0 Å². The third-order valence-corrected chi connectivity index (χ3v) is 4.47. The Hall–Kier alpha value is -3.81. The number of benzene rings is 2. The maximum Gasteiger partial charge on any atom is 0.261 e. The Morgan fingerprint density at radius 3 is 2.76 bits per heavy atom. The van der Waals surface area contributed by atoms with Crippen LogP contribution in [0.4, 0.5) is 4.39 Å². The van der Waals surface area contributed by atoms with Gasteiger partial charge in [-0.3, -0.25) is 14.2 Å². The zero-order valence-electron chi connectivity index (χ0n) is 15.3. The molecule has 0 radical (unpaired) electrons. The maximum absolute atomic E-state index is 13.0. The van der Waals surface area contributed by atoms with Gasteiger partial charge < -0.3 is 9.84 Å². The molecule has 0 fully saturated rings. The number of rotatable bonds is 6. The average molecular weight is 392 g/mol. The first-order chi connectivity index (χ1) is 14.1. The first kappa shape index (κ1) is 18.5. The van der Waals surface area contributed by atoms with Gasteiger partial charge in [-0.1, -0.05) is 17.3 Å². The minimum atomic E-state index is -0.332. The number of carbonyl (C=O) groups is 1. The summed E-state index contributed by atoms with van der Waals surface area (Å²) >= 11 is 0. The van der Waals surface area contributed by atoms with Crippen LogP contribution in [-0.2, 0) is 17.9 Å². The Morgan fingerprint density at radius 2 is 1.93 bits per heavy atom. The molecular formula is C21H17FN4O3. The molecule has 0 spiro atoms. The van der Waals surface area contributed by atoms with Crippen LogP contribution in [0.25, 0.3) is 22.2 Å². The predicted molar refractivity (Wildman–Crippen MR) is 104 cm³/mol. The Kier molecular flexibility index (Phi) is 5.15. The summed E-state index contributed by atoms with van der Waals surface area (Å²) < 4.78 is 19.6. The fourth-order valence-corrected chi connectivity index (χ4v) is 2.91. The van der Waals surface area contributed by atoms with Crippen LogP contribution in [0.15, 0.2) is 70.2 Å². The number of aromatic nitrogens is 3. The van der Waals surface area contributed by atoms with Crippen LogP contribution >= 0.6 is 0 Å². The molecule has 0 atom stereocenters. The van der Waals surface area contributed by atoms with Crippen molar-refractivity contribution in [2.45, 2.75) is 19.5 Å². The SMILES string of the molecule is O=C(CCn1cnc2ccccc2c1=O)NCc1cc(-c2ccc(F)cc2)on1. The highest BCUT2D eigenvalue weighted by Gasteiger charge is 2.10. The molecule has 0 saturated heterocycles. The molecule has 0 saturated carbocycles. The van der Waals surface area contributed by atoms with Crippen molar-refractivity contribution in [3.63, 3.8) is 0 Å². The van der Waals surface area contributed by atoms with Crippen LogP contribution in [0.3, 0.4) is 0 Å². The van der Waals surface area contributed by atoms with Gasteiger partial charge in [0.25, 0.3) is 5.56 Å². The van der Waals surface area contributed by atoms with Crippen molar-refractivity contribution < 1.29 is 13.7 Å². The normalized spacial score (nSPS) is 10.9. The molecule has 1 amide bonds. The summed E-state index contributed by atoms with van der Waals surface area (Å²) in [6, 6.07) is 14.6. The molecule has 1 N–H and O–H groups in total. The fourth-order valence-electron chi connectivity index (χ4n) is 2.91. The van der Waals surface area contributed by atoms with Gasteiger partial charge in [-0.2, -0.15) is 0 Å². The molecule has 0 bridgehead atoms. The van der Waals surface area contributed by atoms with Crippen LogP contribution in [0.1, 0.15) is 12.1 Å².